The smallest absolute Gasteiger partial charge is 0.308 e. The molecule has 218 valence electrons. The number of amides is 1. The maximum atomic E-state index is 13.4. The fourth-order valence-corrected chi connectivity index (χ4v) is 5.89. The van der Waals surface area contributed by atoms with Crippen LogP contribution in [0, 0.1) is 11.3 Å². The molecule has 1 aromatic carbocycles. The van der Waals surface area contributed by atoms with Gasteiger partial charge in [0.25, 0.3) is 5.91 Å². The Balaban J connectivity index is 1.67. The highest BCUT2D eigenvalue weighted by Crippen LogP contribution is 2.47. The molecule has 0 aromatic heterocycles. The summed E-state index contributed by atoms with van der Waals surface area (Å²) >= 11 is 0. The van der Waals surface area contributed by atoms with E-state index in [4.69, 9.17) is 23.8 Å². The Kier molecular flexibility index (Phi) is 9.71. The van der Waals surface area contributed by atoms with Gasteiger partial charge in [-0.05, 0) is 37.0 Å². The van der Waals surface area contributed by atoms with E-state index in [2.05, 4.69) is 0 Å². The van der Waals surface area contributed by atoms with Gasteiger partial charge >= 0.3 is 5.97 Å². The van der Waals surface area contributed by atoms with E-state index in [0.29, 0.717) is 56.4 Å². The highest BCUT2D eigenvalue weighted by Gasteiger charge is 2.51. The van der Waals surface area contributed by atoms with Crippen LogP contribution in [-0.4, -0.2) is 90.6 Å². The number of aliphatic carboxylic acids is 1. The lowest BCUT2D eigenvalue weighted by Crippen LogP contribution is -2.47. The molecule has 4 rings (SSSR count). The zero-order valence-electron chi connectivity index (χ0n) is 23.4. The van der Waals surface area contributed by atoms with Gasteiger partial charge in [0.05, 0.1) is 38.9 Å². The van der Waals surface area contributed by atoms with E-state index in [9.17, 15) is 19.8 Å². The molecule has 0 unspecified atom stereocenters. The molecule has 3 aliphatic heterocycles. The van der Waals surface area contributed by atoms with Crippen LogP contribution in [0.2, 0.25) is 0 Å². The number of carbonyl (C=O) groups is 2. The summed E-state index contributed by atoms with van der Waals surface area (Å²) in [6, 6.07) is 3.11. The predicted molar refractivity (Wildman–Crippen MR) is 140 cm³/mol. The van der Waals surface area contributed by atoms with Gasteiger partial charge in [0.2, 0.25) is 6.79 Å². The number of aliphatic hydroxyl groups excluding tert-OH is 1. The number of carboxylic acids is 1. The van der Waals surface area contributed by atoms with E-state index in [-0.39, 0.29) is 25.9 Å². The standard InChI is InChI=1S/C28H42N2O9/c1-5-7-30(39-8-6-2)23(32)15-29-14-20(18-11-19(16-31)25-22(12-18)37-17-38-25)24(26(33)34)21(29)13-28(3,4)27-35-9-10-36-27/h11-12,20-21,24,27,31H,5-10,13-17H2,1-4H3,(H,33,34)/t20-,21+,24-/m1/s1. The van der Waals surface area contributed by atoms with Crippen molar-refractivity contribution in [1.29, 1.82) is 0 Å². The van der Waals surface area contributed by atoms with E-state index < -0.39 is 35.6 Å². The van der Waals surface area contributed by atoms with Gasteiger partial charge in [-0.2, -0.15) is 0 Å². The van der Waals surface area contributed by atoms with Gasteiger partial charge in [0.15, 0.2) is 17.8 Å². The zero-order chi connectivity index (χ0) is 28.2. The molecule has 3 aliphatic rings. The molecule has 2 N–H and O–H groups in total. The van der Waals surface area contributed by atoms with Crippen LogP contribution in [-0.2, 0) is 30.5 Å². The van der Waals surface area contributed by atoms with Crippen molar-refractivity contribution in [3.8, 4) is 11.5 Å². The molecule has 39 heavy (non-hydrogen) atoms. The topological polar surface area (TPSA) is 127 Å². The third-order valence-electron chi connectivity index (χ3n) is 7.69. The number of carboxylic acid groups (broad SMARTS) is 1. The second-order valence-electron chi connectivity index (χ2n) is 11.1. The molecule has 0 spiro atoms. The summed E-state index contributed by atoms with van der Waals surface area (Å²) in [5.41, 5.74) is 0.776. The minimum atomic E-state index is -0.945. The van der Waals surface area contributed by atoms with Crippen LogP contribution in [0.3, 0.4) is 0 Å². The molecular weight excluding hydrogens is 508 g/mol. The van der Waals surface area contributed by atoms with Crippen LogP contribution in [0.1, 0.15) is 64.0 Å². The third kappa shape index (κ3) is 6.49. The maximum Gasteiger partial charge on any atom is 0.308 e. The molecular formula is C28H42N2O9. The summed E-state index contributed by atoms with van der Waals surface area (Å²) in [6.45, 7) is 10.00. The highest BCUT2D eigenvalue weighted by molar-refractivity contribution is 5.78. The van der Waals surface area contributed by atoms with E-state index in [1.165, 1.54) is 5.06 Å². The first-order valence-corrected chi connectivity index (χ1v) is 13.9. The van der Waals surface area contributed by atoms with E-state index in [0.717, 1.165) is 18.4 Å². The molecule has 11 nitrogen and oxygen atoms in total. The van der Waals surface area contributed by atoms with Gasteiger partial charge < -0.3 is 29.2 Å². The lowest BCUT2D eigenvalue weighted by Gasteiger charge is -2.37. The number of rotatable bonds is 13. The largest absolute Gasteiger partial charge is 0.481 e. The van der Waals surface area contributed by atoms with Crippen molar-refractivity contribution in [2.75, 3.05) is 46.2 Å². The normalized spacial score (nSPS) is 23.5. The first-order valence-electron chi connectivity index (χ1n) is 13.9. The van der Waals surface area contributed by atoms with Crippen molar-refractivity contribution in [3.05, 3.63) is 23.3 Å². The summed E-state index contributed by atoms with van der Waals surface area (Å²) in [5.74, 6) is -1.44. The van der Waals surface area contributed by atoms with Crippen molar-refractivity contribution >= 4 is 11.9 Å². The molecule has 3 atom stereocenters. The SMILES string of the molecule is CCCON(CCC)C(=O)CN1C[C@H](c2cc(CO)c3c(c2)OCO3)[C@@H](C(=O)O)[C@@H]1CC(C)(C)C1OCCO1. The number of carbonyl (C=O) groups excluding carboxylic acids is 1. The van der Waals surface area contributed by atoms with Crippen LogP contribution < -0.4 is 9.47 Å². The van der Waals surface area contributed by atoms with E-state index in [1.807, 2.05) is 32.6 Å². The number of aliphatic hydroxyl groups is 1. The number of fused-ring (bicyclic) bond motifs is 1. The summed E-state index contributed by atoms with van der Waals surface area (Å²) < 4.78 is 22.7. The number of ether oxygens (including phenoxy) is 4. The Bertz CT molecular complexity index is 1010. The Morgan fingerprint density at radius 3 is 2.54 bits per heavy atom. The van der Waals surface area contributed by atoms with Crippen LogP contribution in [0.25, 0.3) is 0 Å². The van der Waals surface area contributed by atoms with Crippen LogP contribution >= 0.6 is 0 Å². The molecule has 3 heterocycles. The molecule has 1 amide bonds. The van der Waals surface area contributed by atoms with Crippen molar-refractivity contribution in [2.45, 2.75) is 71.8 Å². The summed E-state index contributed by atoms with van der Waals surface area (Å²) in [7, 11) is 0. The van der Waals surface area contributed by atoms with Gasteiger partial charge in [-0.25, -0.2) is 5.06 Å². The number of hydroxylamine groups is 2. The quantitative estimate of drug-likeness (QED) is 0.354. The summed E-state index contributed by atoms with van der Waals surface area (Å²) in [4.78, 5) is 34.0. The fraction of sp³-hybridized carbons (Fsp3) is 0.714. The van der Waals surface area contributed by atoms with Crippen molar-refractivity contribution in [3.63, 3.8) is 0 Å². The van der Waals surface area contributed by atoms with Crippen LogP contribution in [0.4, 0.5) is 0 Å². The molecule has 1 aromatic rings. The van der Waals surface area contributed by atoms with Gasteiger partial charge in [0, 0.05) is 36.0 Å². The Hall–Kier alpha value is -2.44. The number of hydrogen-bond donors (Lipinski definition) is 2. The Morgan fingerprint density at radius 1 is 1.15 bits per heavy atom. The molecule has 2 saturated heterocycles. The van der Waals surface area contributed by atoms with E-state index >= 15 is 0 Å². The summed E-state index contributed by atoms with van der Waals surface area (Å²) in [5, 5.41) is 21.9. The van der Waals surface area contributed by atoms with Gasteiger partial charge in [0.1, 0.15) is 0 Å². The minimum absolute atomic E-state index is 0.0224. The van der Waals surface area contributed by atoms with Crippen molar-refractivity contribution in [2.24, 2.45) is 11.3 Å². The maximum absolute atomic E-state index is 13.4. The Labute approximate surface area is 229 Å². The van der Waals surface area contributed by atoms with Crippen molar-refractivity contribution in [1.82, 2.24) is 9.96 Å². The predicted octanol–water partition coefficient (Wildman–Crippen LogP) is 2.75. The second-order valence-corrected chi connectivity index (χ2v) is 11.1. The Morgan fingerprint density at radius 2 is 1.90 bits per heavy atom. The van der Waals surface area contributed by atoms with Crippen LogP contribution in [0.5, 0.6) is 11.5 Å². The average molecular weight is 551 g/mol. The molecule has 0 saturated carbocycles. The monoisotopic (exact) mass is 550 g/mol. The summed E-state index contributed by atoms with van der Waals surface area (Å²) in [6.07, 6.45) is 1.50. The number of likely N-dealkylation sites (tertiary alicyclic amines) is 1. The fourth-order valence-electron chi connectivity index (χ4n) is 5.89. The third-order valence-corrected chi connectivity index (χ3v) is 7.69. The molecule has 0 aliphatic carbocycles. The van der Waals surface area contributed by atoms with Gasteiger partial charge in [-0.15, -0.1) is 0 Å². The lowest BCUT2D eigenvalue weighted by atomic mass is 9.77. The lowest BCUT2D eigenvalue weighted by molar-refractivity contribution is -0.188. The van der Waals surface area contributed by atoms with Crippen LogP contribution in [0.15, 0.2) is 12.1 Å². The second kappa shape index (κ2) is 12.8. The van der Waals surface area contributed by atoms with Gasteiger partial charge in [-0.1, -0.05) is 27.7 Å². The first-order chi connectivity index (χ1) is 18.7. The zero-order valence-corrected chi connectivity index (χ0v) is 23.4. The molecule has 2 fully saturated rings. The first kappa shape index (κ1) is 29.5. The molecule has 0 radical (unpaired) electrons. The average Bonchev–Trinajstić information content (AvgIpc) is 3.66. The number of hydrogen-bond acceptors (Lipinski definition) is 9. The molecule has 0 bridgehead atoms. The number of benzene rings is 1. The van der Waals surface area contributed by atoms with E-state index in [1.54, 1.807) is 12.1 Å². The highest BCUT2D eigenvalue weighted by atomic mass is 16.7. The minimum Gasteiger partial charge on any atom is -0.481 e. The van der Waals surface area contributed by atoms with Gasteiger partial charge in [-0.3, -0.25) is 19.3 Å². The number of nitrogens with zero attached hydrogens (tertiary/aromatic N) is 2. The van der Waals surface area contributed by atoms with Crippen molar-refractivity contribution < 1.29 is 43.6 Å². The molecule has 11 heteroatoms.